The second-order valence-electron chi connectivity index (χ2n) is 7.55. The van der Waals surface area contributed by atoms with Crippen LogP contribution in [0.2, 0.25) is 0 Å². The number of para-hydroxylation sites is 2. The molecule has 1 aromatic heterocycles. The van der Waals surface area contributed by atoms with Gasteiger partial charge in [-0.05, 0) is 49.9 Å². The van der Waals surface area contributed by atoms with Gasteiger partial charge < -0.3 is 15.2 Å². The van der Waals surface area contributed by atoms with Crippen LogP contribution in [0.1, 0.15) is 19.8 Å². The summed E-state index contributed by atoms with van der Waals surface area (Å²) in [5.74, 6) is 0.435. The first-order chi connectivity index (χ1) is 13.1. The summed E-state index contributed by atoms with van der Waals surface area (Å²) in [6.07, 6.45) is 2.06. The van der Waals surface area contributed by atoms with Crippen LogP contribution in [-0.4, -0.2) is 34.5 Å². The van der Waals surface area contributed by atoms with Gasteiger partial charge in [-0.15, -0.1) is 12.4 Å². The van der Waals surface area contributed by atoms with Crippen LogP contribution in [0.4, 0.5) is 0 Å². The number of nitrogens with zero attached hydrogens (tertiary/aromatic N) is 2. The first-order valence-electron chi connectivity index (χ1n) is 9.60. The van der Waals surface area contributed by atoms with E-state index in [0.29, 0.717) is 23.2 Å². The number of amides is 1. The molecule has 5 nitrogen and oxygen atoms in total. The molecular weight excluding hydrogens is 374 g/mol. The van der Waals surface area contributed by atoms with Gasteiger partial charge in [0.05, 0.1) is 11.0 Å². The van der Waals surface area contributed by atoms with Gasteiger partial charge >= 0.3 is 0 Å². The highest BCUT2D eigenvalue weighted by Crippen LogP contribution is 2.22. The highest BCUT2D eigenvalue weighted by molar-refractivity contribution is 5.94. The van der Waals surface area contributed by atoms with Gasteiger partial charge in [-0.3, -0.25) is 9.59 Å². The van der Waals surface area contributed by atoms with Gasteiger partial charge in [-0.2, -0.15) is 0 Å². The molecule has 0 bridgehead atoms. The molecule has 1 aliphatic rings. The van der Waals surface area contributed by atoms with Crippen LogP contribution in [0.5, 0.6) is 0 Å². The lowest BCUT2D eigenvalue weighted by molar-refractivity contribution is -0.133. The normalized spacial score (nSPS) is 18.1. The third-order valence-electron chi connectivity index (χ3n) is 5.73. The first-order valence-corrected chi connectivity index (χ1v) is 9.60. The molecule has 0 aliphatic carbocycles. The zero-order valence-corrected chi connectivity index (χ0v) is 16.8. The smallest absolute Gasteiger partial charge is 0.242 e. The highest BCUT2D eigenvalue weighted by Gasteiger charge is 2.26. The van der Waals surface area contributed by atoms with Gasteiger partial charge in [0.2, 0.25) is 5.91 Å². The Labute approximate surface area is 170 Å². The maximum absolute atomic E-state index is 13.1. The van der Waals surface area contributed by atoms with E-state index in [1.165, 1.54) is 0 Å². The highest BCUT2D eigenvalue weighted by atomic mass is 35.5. The molecule has 6 heteroatoms. The monoisotopic (exact) mass is 399 g/mol. The molecule has 2 N–H and O–H groups in total. The van der Waals surface area contributed by atoms with Gasteiger partial charge in [0.1, 0.15) is 6.54 Å². The average Bonchev–Trinajstić information content (AvgIpc) is 2.71. The zero-order valence-electron chi connectivity index (χ0n) is 16.0. The Bertz CT molecular complexity index is 1000. The first kappa shape index (κ1) is 20.4. The van der Waals surface area contributed by atoms with E-state index in [9.17, 15) is 9.59 Å². The molecule has 148 valence electrons. The number of carbonyl (C=O) groups excluding carboxylic acids is 1. The molecule has 0 radical (unpaired) electrons. The Hall–Kier alpha value is -2.37. The predicted octanol–water partition coefficient (Wildman–Crippen LogP) is 3.16. The summed E-state index contributed by atoms with van der Waals surface area (Å²) < 4.78 is 1.98. The maximum atomic E-state index is 13.1. The second kappa shape index (κ2) is 8.33. The number of benzene rings is 2. The Morgan fingerprint density at radius 2 is 1.68 bits per heavy atom. The second-order valence-corrected chi connectivity index (χ2v) is 7.55. The summed E-state index contributed by atoms with van der Waals surface area (Å²) >= 11 is 0. The van der Waals surface area contributed by atoms with Gasteiger partial charge in [0, 0.05) is 29.9 Å². The van der Waals surface area contributed by atoms with Crippen molar-refractivity contribution in [2.24, 2.45) is 11.7 Å². The lowest BCUT2D eigenvalue weighted by atomic mass is 9.92. The van der Waals surface area contributed by atoms with Crippen LogP contribution in [0.25, 0.3) is 21.8 Å². The summed E-state index contributed by atoms with van der Waals surface area (Å²) in [6, 6.07) is 15.1. The quantitative estimate of drug-likeness (QED) is 0.688. The minimum atomic E-state index is 0. The molecule has 4 rings (SSSR count). The largest absolute Gasteiger partial charge is 0.341 e. The Kier molecular flexibility index (Phi) is 6.06. The number of aromatic nitrogens is 1. The lowest BCUT2D eigenvalue weighted by Crippen LogP contribution is -2.46. The molecular formula is C22H26ClN3O2. The Balaban J connectivity index is 0.00000225. The molecule has 0 spiro atoms. The van der Waals surface area contributed by atoms with E-state index in [4.69, 9.17) is 5.73 Å². The lowest BCUT2D eigenvalue weighted by Gasteiger charge is -2.35. The van der Waals surface area contributed by atoms with E-state index < -0.39 is 0 Å². The van der Waals surface area contributed by atoms with Crippen LogP contribution in [0.15, 0.2) is 53.3 Å². The maximum Gasteiger partial charge on any atom is 0.242 e. The molecule has 0 saturated carbocycles. The molecule has 1 aliphatic heterocycles. The van der Waals surface area contributed by atoms with E-state index in [1.54, 1.807) is 0 Å². The predicted molar refractivity (Wildman–Crippen MR) is 116 cm³/mol. The standard InChI is InChI=1S/C22H25N3O2.ClH/c1-15(23)16-7-6-12-24(13-16)21(26)14-25-19-10-4-2-8-17(19)22(27)18-9-3-5-11-20(18)25;/h2-5,8-11,15-16H,6-7,12-14,23H2,1H3;1H. The molecule has 2 heterocycles. The van der Waals surface area contributed by atoms with E-state index >= 15 is 0 Å². The number of likely N-dealkylation sites (tertiary alicyclic amines) is 1. The Morgan fingerprint density at radius 3 is 2.25 bits per heavy atom. The number of rotatable bonds is 3. The van der Waals surface area contributed by atoms with Gasteiger partial charge in [-0.25, -0.2) is 0 Å². The van der Waals surface area contributed by atoms with Crippen molar-refractivity contribution in [2.75, 3.05) is 13.1 Å². The van der Waals surface area contributed by atoms with Crippen molar-refractivity contribution >= 4 is 40.1 Å². The molecule has 2 unspecified atom stereocenters. The molecule has 1 fully saturated rings. The minimum Gasteiger partial charge on any atom is -0.341 e. The molecule has 3 aromatic rings. The molecule has 2 aromatic carbocycles. The van der Waals surface area contributed by atoms with E-state index in [2.05, 4.69) is 0 Å². The zero-order chi connectivity index (χ0) is 19.0. The van der Waals surface area contributed by atoms with Crippen LogP contribution >= 0.6 is 12.4 Å². The van der Waals surface area contributed by atoms with Crippen LogP contribution in [0.3, 0.4) is 0 Å². The number of nitrogens with two attached hydrogens (primary N) is 1. The molecule has 1 saturated heterocycles. The molecule has 28 heavy (non-hydrogen) atoms. The van der Waals surface area contributed by atoms with E-state index in [1.807, 2.05) is 64.9 Å². The van der Waals surface area contributed by atoms with E-state index in [-0.39, 0.29) is 36.3 Å². The summed E-state index contributed by atoms with van der Waals surface area (Å²) in [6.45, 7) is 3.74. The third-order valence-corrected chi connectivity index (χ3v) is 5.73. The van der Waals surface area contributed by atoms with Crippen molar-refractivity contribution in [3.8, 4) is 0 Å². The average molecular weight is 400 g/mol. The number of hydrogen-bond donors (Lipinski definition) is 1. The minimum absolute atomic E-state index is 0. The number of halogens is 1. The van der Waals surface area contributed by atoms with Crippen LogP contribution < -0.4 is 11.2 Å². The number of hydrogen-bond acceptors (Lipinski definition) is 3. The fourth-order valence-corrected chi connectivity index (χ4v) is 4.15. The Morgan fingerprint density at radius 1 is 1.11 bits per heavy atom. The molecule has 1 amide bonds. The topological polar surface area (TPSA) is 68.3 Å². The number of fused-ring (bicyclic) bond motifs is 2. The van der Waals surface area contributed by atoms with Crippen molar-refractivity contribution < 1.29 is 4.79 Å². The van der Waals surface area contributed by atoms with Crippen molar-refractivity contribution in [1.29, 1.82) is 0 Å². The number of carbonyl (C=O) groups is 1. The fraction of sp³-hybridized carbons (Fsp3) is 0.364. The summed E-state index contributed by atoms with van der Waals surface area (Å²) in [7, 11) is 0. The summed E-state index contributed by atoms with van der Waals surface area (Å²) in [4.78, 5) is 27.8. The van der Waals surface area contributed by atoms with Crippen LogP contribution in [0, 0.1) is 5.92 Å². The van der Waals surface area contributed by atoms with Gasteiger partial charge in [0.25, 0.3) is 0 Å². The van der Waals surface area contributed by atoms with Crippen molar-refractivity contribution in [3.63, 3.8) is 0 Å². The van der Waals surface area contributed by atoms with E-state index in [0.717, 1.165) is 30.4 Å². The SMILES string of the molecule is CC(N)C1CCCN(C(=O)Cn2c3ccccc3c(=O)c3ccccc32)C1.Cl. The molecule has 2 atom stereocenters. The number of piperidine rings is 1. The fourth-order valence-electron chi connectivity index (χ4n) is 4.15. The van der Waals surface area contributed by atoms with Gasteiger partial charge in [0.15, 0.2) is 5.43 Å². The summed E-state index contributed by atoms with van der Waals surface area (Å²) in [5.41, 5.74) is 7.69. The summed E-state index contributed by atoms with van der Waals surface area (Å²) in [5, 5.41) is 1.30. The van der Waals surface area contributed by atoms with Crippen LogP contribution in [-0.2, 0) is 11.3 Å². The van der Waals surface area contributed by atoms with Crippen molar-refractivity contribution in [2.45, 2.75) is 32.4 Å². The van der Waals surface area contributed by atoms with Crippen molar-refractivity contribution in [1.82, 2.24) is 9.47 Å². The van der Waals surface area contributed by atoms with Gasteiger partial charge in [-0.1, -0.05) is 24.3 Å². The number of pyridine rings is 1. The van der Waals surface area contributed by atoms with Crippen molar-refractivity contribution in [3.05, 3.63) is 58.8 Å². The third kappa shape index (κ3) is 3.64.